The number of aromatic nitrogens is 2. The Hall–Kier alpha value is -2.42. The van der Waals surface area contributed by atoms with Crippen LogP contribution in [-0.2, 0) is 11.3 Å². The van der Waals surface area contributed by atoms with Gasteiger partial charge in [0, 0.05) is 11.0 Å². The second kappa shape index (κ2) is 8.94. The number of hydrogen-bond acceptors (Lipinski definition) is 5. The van der Waals surface area contributed by atoms with Crippen LogP contribution in [0.5, 0.6) is 0 Å². The number of fused-ring (bicyclic) bond motifs is 1. The molecule has 0 bridgehead atoms. The third kappa shape index (κ3) is 4.44. The Kier molecular flexibility index (Phi) is 6.13. The molecule has 0 aliphatic heterocycles. The predicted molar refractivity (Wildman–Crippen MR) is 122 cm³/mol. The first-order valence-electron chi connectivity index (χ1n) is 8.82. The maximum atomic E-state index is 13.0. The molecule has 1 N–H and O–H groups in total. The lowest BCUT2D eigenvalue weighted by molar-refractivity contribution is -0.118. The lowest BCUT2D eigenvalue weighted by Crippen LogP contribution is -2.26. The van der Waals surface area contributed by atoms with Gasteiger partial charge < -0.3 is 5.32 Å². The largest absolute Gasteiger partial charge is 0.351 e. The standard InChI is InChI=1S/C21H16BrN3O2S2/c22-16-9-5-4-6-14(16)12-23-18(26)13-29-21-24-17-10-11-28-19(17)20(27)25(21)15-7-2-1-3-8-15/h1-11H,12-13H2,(H,23,26). The number of amides is 1. The van der Waals surface area contributed by atoms with Crippen LogP contribution in [0.25, 0.3) is 15.9 Å². The molecular formula is C21H16BrN3O2S2. The number of benzene rings is 2. The van der Waals surface area contributed by atoms with Gasteiger partial charge in [0.05, 0.1) is 17.0 Å². The predicted octanol–water partition coefficient (Wildman–Crippen LogP) is 4.62. The summed E-state index contributed by atoms with van der Waals surface area (Å²) in [6.45, 7) is 0.434. The maximum Gasteiger partial charge on any atom is 0.276 e. The molecule has 1 amide bonds. The molecule has 0 atom stereocenters. The van der Waals surface area contributed by atoms with Crippen LogP contribution in [0.3, 0.4) is 0 Å². The molecule has 2 aromatic heterocycles. The van der Waals surface area contributed by atoms with Crippen molar-refractivity contribution in [2.75, 3.05) is 5.75 Å². The Balaban J connectivity index is 1.55. The summed E-state index contributed by atoms with van der Waals surface area (Å²) in [5.41, 5.74) is 2.27. The molecule has 8 heteroatoms. The molecule has 4 rings (SSSR count). The SMILES string of the molecule is O=C(CSc1nc2ccsc2c(=O)n1-c1ccccc1)NCc1ccccc1Br. The lowest BCUT2D eigenvalue weighted by atomic mass is 10.2. The summed E-state index contributed by atoms with van der Waals surface area (Å²) >= 11 is 6.11. The topological polar surface area (TPSA) is 64.0 Å². The van der Waals surface area contributed by atoms with Crippen LogP contribution >= 0.6 is 39.0 Å². The van der Waals surface area contributed by atoms with Gasteiger partial charge in [-0.2, -0.15) is 0 Å². The van der Waals surface area contributed by atoms with Gasteiger partial charge in [0.2, 0.25) is 5.91 Å². The Morgan fingerprint density at radius 3 is 2.66 bits per heavy atom. The molecule has 146 valence electrons. The van der Waals surface area contributed by atoms with Gasteiger partial charge in [-0.3, -0.25) is 14.2 Å². The Morgan fingerprint density at radius 1 is 1.10 bits per heavy atom. The van der Waals surface area contributed by atoms with Gasteiger partial charge in [-0.1, -0.05) is 64.1 Å². The zero-order chi connectivity index (χ0) is 20.2. The van der Waals surface area contributed by atoms with Crippen LogP contribution in [0, 0.1) is 0 Å². The maximum absolute atomic E-state index is 13.0. The van der Waals surface area contributed by atoms with Crippen molar-refractivity contribution in [3.05, 3.63) is 86.4 Å². The molecule has 0 saturated heterocycles. The molecule has 0 aliphatic rings. The number of nitrogens with one attached hydrogen (secondary N) is 1. The summed E-state index contributed by atoms with van der Waals surface area (Å²) in [6, 6.07) is 18.9. The normalized spacial score (nSPS) is 10.9. The molecule has 2 heterocycles. The number of hydrogen-bond donors (Lipinski definition) is 1. The molecule has 0 spiro atoms. The van der Waals surface area contributed by atoms with E-state index in [1.54, 1.807) is 4.57 Å². The van der Waals surface area contributed by atoms with E-state index in [4.69, 9.17) is 0 Å². The van der Waals surface area contributed by atoms with Crippen molar-refractivity contribution in [2.24, 2.45) is 0 Å². The quantitative estimate of drug-likeness (QED) is 0.319. The van der Waals surface area contributed by atoms with E-state index in [-0.39, 0.29) is 17.2 Å². The van der Waals surface area contributed by atoms with Crippen molar-refractivity contribution in [3.8, 4) is 5.69 Å². The van der Waals surface area contributed by atoms with Gasteiger partial charge in [0.25, 0.3) is 5.56 Å². The number of halogens is 1. The van der Waals surface area contributed by atoms with Crippen LogP contribution in [0.4, 0.5) is 0 Å². The summed E-state index contributed by atoms with van der Waals surface area (Å²) in [4.78, 5) is 30.0. The molecule has 0 unspecified atom stereocenters. The highest BCUT2D eigenvalue weighted by Crippen LogP contribution is 2.23. The molecular weight excluding hydrogens is 470 g/mol. The number of carbonyl (C=O) groups is 1. The van der Waals surface area contributed by atoms with Gasteiger partial charge in [0.1, 0.15) is 4.70 Å². The molecule has 29 heavy (non-hydrogen) atoms. The van der Waals surface area contributed by atoms with Gasteiger partial charge in [0.15, 0.2) is 5.16 Å². The summed E-state index contributed by atoms with van der Waals surface area (Å²) < 4.78 is 3.14. The monoisotopic (exact) mass is 485 g/mol. The van der Waals surface area contributed by atoms with Crippen molar-refractivity contribution in [1.82, 2.24) is 14.9 Å². The van der Waals surface area contributed by atoms with E-state index in [1.165, 1.54) is 23.1 Å². The van der Waals surface area contributed by atoms with Crippen molar-refractivity contribution in [2.45, 2.75) is 11.7 Å². The molecule has 0 fully saturated rings. The van der Waals surface area contributed by atoms with Gasteiger partial charge in [-0.15, -0.1) is 11.3 Å². The first-order valence-corrected chi connectivity index (χ1v) is 11.5. The second-order valence-corrected chi connectivity index (χ2v) is 8.88. The lowest BCUT2D eigenvalue weighted by Gasteiger charge is -2.12. The zero-order valence-electron chi connectivity index (χ0n) is 15.2. The molecule has 0 saturated carbocycles. The molecule has 0 radical (unpaired) electrons. The van der Waals surface area contributed by atoms with E-state index in [0.717, 1.165) is 15.7 Å². The third-order valence-electron chi connectivity index (χ3n) is 4.23. The number of nitrogens with zero attached hydrogens (tertiary/aromatic N) is 2. The van der Waals surface area contributed by atoms with Crippen LogP contribution in [0.15, 0.2) is 80.5 Å². The van der Waals surface area contributed by atoms with Crippen molar-refractivity contribution >= 4 is 55.2 Å². The summed E-state index contributed by atoms with van der Waals surface area (Å²) in [7, 11) is 0. The fourth-order valence-corrected chi connectivity index (χ4v) is 4.84. The Morgan fingerprint density at radius 2 is 1.86 bits per heavy atom. The average Bonchev–Trinajstić information content (AvgIpc) is 3.21. The minimum atomic E-state index is -0.120. The van der Waals surface area contributed by atoms with E-state index >= 15 is 0 Å². The number of thiophene rings is 1. The minimum absolute atomic E-state index is 0.118. The zero-order valence-corrected chi connectivity index (χ0v) is 18.4. The van der Waals surface area contributed by atoms with E-state index in [2.05, 4.69) is 26.2 Å². The van der Waals surface area contributed by atoms with Gasteiger partial charge >= 0.3 is 0 Å². The Labute approximate surface area is 183 Å². The first-order chi connectivity index (χ1) is 14.1. The van der Waals surface area contributed by atoms with E-state index in [9.17, 15) is 9.59 Å². The van der Waals surface area contributed by atoms with Crippen molar-refractivity contribution in [1.29, 1.82) is 0 Å². The van der Waals surface area contributed by atoms with Crippen LogP contribution in [0.1, 0.15) is 5.56 Å². The van der Waals surface area contributed by atoms with E-state index < -0.39 is 0 Å². The van der Waals surface area contributed by atoms with E-state index in [0.29, 0.717) is 21.9 Å². The van der Waals surface area contributed by atoms with Crippen LogP contribution in [0.2, 0.25) is 0 Å². The smallest absolute Gasteiger partial charge is 0.276 e. The highest BCUT2D eigenvalue weighted by Gasteiger charge is 2.15. The van der Waals surface area contributed by atoms with Crippen molar-refractivity contribution in [3.63, 3.8) is 0 Å². The third-order valence-corrected chi connectivity index (χ3v) is 6.83. The summed E-state index contributed by atoms with van der Waals surface area (Å²) in [5, 5.41) is 5.27. The fraction of sp³-hybridized carbons (Fsp3) is 0.0952. The number of para-hydroxylation sites is 1. The van der Waals surface area contributed by atoms with Crippen LogP contribution in [-0.4, -0.2) is 21.2 Å². The summed E-state index contributed by atoms with van der Waals surface area (Å²) in [6.07, 6.45) is 0. The first kappa shape index (κ1) is 19.9. The second-order valence-electron chi connectivity index (χ2n) is 6.16. The highest BCUT2D eigenvalue weighted by atomic mass is 79.9. The number of thioether (sulfide) groups is 1. The van der Waals surface area contributed by atoms with E-state index in [1.807, 2.05) is 66.0 Å². The number of rotatable bonds is 6. The highest BCUT2D eigenvalue weighted by molar-refractivity contribution is 9.10. The molecule has 5 nitrogen and oxygen atoms in total. The minimum Gasteiger partial charge on any atom is -0.351 e. The van der Waals surface area contributed by atoms with Crippen molar-refractivity contribution < 1.29 is 4.79 Å². The van der Waals surface area contributed by atoms with Gasteiger partial charge in [-0.05, 0) is 35.2 Å². The fourth-order valence-electron chi connectivity index (χ4n) is 2.81. The number of carbonyl (C=O) groups excluding carboxylic acids is 1. The Bertz CT molecular complexity index is 1220. The molecule has 4 aromatic rings. The van der Waals surface area contributed by atoms with Crippen LogP contribution < -0.4 is 10.9 Å². The average molecular weight is 486 g/mol. The van der Waals surface area contributed by atoms with Gasteiger partial charge in [-0.25, -0.2) is 4.98 Å². The molecule has 0 aliphatic carbocycles. The molecule has 2 aromatic carbocycles. The summed E-state index contributed by atoms with van der Waals surface area (Å²) in [5.74, 6) is 0.0457.